The largest absolute Gasteiger partial charge is 0.317 e. The Morgan fingerprint density at radius 3 is 2.62 bits per heavy atom. The van der Waals surface area contributed by atoms with Crippen LogP contribution in [-0.4, -0.2) is 33.3 Å². The van der Waals surface area contributed by atoms with Crippen LogP contribution in [0, 0.1) is 0 Å². The molecule has 0 atom stereocenters. The predicted octanol–water partition coefficient (Wildman–Crippen LogP) is 0.0989. The lowest BCUT2D eigenvalue weighted by Gasteiger charge is -2.20. The van der Waals surface area contributed by atoms with E-state index < -0.39 is 0 Å². The summed E-state index contributed by atoms with van der Waals surface area (Å²) in [6, 6.07) is 0. The molecule has 6 heteroatoms. The Balaban J connectivity index is 0.000000845. The summed E-state index contributed by atoms with van der Waals surface area (Å²) in [4.78, 5) is 0. The molecule has 0 bridgehead atoms. The third-order valence-corrected chi connectivity index (χ3v) is 2.36. The number of hydrogen-bond acceptors (Lipinski definition) is 4. The van der Waals surface area contributed by atoms with Crippen molar-refractivity contribution in [2.45, 2.75) is 18.8 Å². The number of tetrazole rings is 1. The second-order valence-electron chi connectivity index (χ2n) is 3.18. The topological polar surface area (TPSA) is 55.6 Å². The first kappa shape index (κ1) is 10.4. The van der Waals surface area contributed by atoms with Gasteiger partial charge in [-0.25, -0.2) is 4.68 Å². The van der Waals surface area contributed by atoms with E-state index >= 15 is 0 Å². The number of piperidine rings is 1. The number of hydrogen-bond donors (Lipinski definition) is 1. The summed E-state index contributed by atoms with van der Waals surface area (Å²) in [6.45, 7) is 2.16. The summed E-state index contributed by atoms with van der Waals surface area (Å²) < 4.78 is 1.77. The molecule has 0 radical (unpaired) electrons. The van der Waals surface area contributed by atoms with Gasteiger partial charge >= 0.3 is 0 Å². The first-order valence-electron chi connectivity index (χ1n) is 4.31. The zero-order chi connectivity index (χ0) is 8.39. The maximum Gasteiger partial charge on any atom is 0.154 e. The first-order valence-corrected chi connectivity index (χ1v) is 4.31. The second-order valence-corrected chi connectivity index (χ2v) is 3.18. The highest BCUT2D eigenvalue weighted by atomic mass is 35.5. The third-order valence-electron chi connectivity index (χ3n) is 2.36. The van der Waals surface area contributed by atoms with Crippen molar-refractivity contribution >= 4 is 12.4 Å². The van der Waals surface area contributed by atoms with E-state index in [-0.39, 0.29) is 12.4 Å². The molecule has 5 nitrogen and oxygen atoms in total. The molecule has 1 fully saturated rings. The summed E-state index contributed by atoms with van der Waals surface area (Å²) in [5.74, 6) is 1.57. The van der Waals surface area contributed by atoms with Crippen molar-refractivity contribution in [2.24, 2.45) is 7.05 Å². The lowest BCUT2D eigenvalue weighted by molar-refractivity contribution is 0.432. The molecule has 0 spiro atoms. The van der Waals surface area contributed by atoms with Gasteiger partial charge in [-0.15, -0.1) is 17.5 Å². The van der Waals surface area contributed by atoms with Crippen LogP contribution in [0.5, 0.6) is 0 Å². The number of halogens is 1. The van der Waals surface area contributed by atoms with Crippen LogP contribution in [-0.2, 0) is 7.05 Å². The Hall–Kier alpha value is -0.680. The molecule has 0 aromatic carbocycles. The highest BCUT2D eigenvalue weighted by Gasteiger charge is 2.19. The number of aryl methyl sites for hydroxylation is 1. The van der Waals surface area contributed by atoms with E-state index in [0.717, 1.165) is 31.8 Å². The monoisotopic (exact) mass is 203 g/mol. The van der Waals surface area contributed by atoms with Gasteiger partial charge in [0.2, 0.25) is 0 Å². The SMILES string of the molecule is Cl.Cn1nnnc1C1CCNCC1. The van der Waals surface area contributed by atoms with Gasteiger partial charge in [0.25, 0.3) is 0 Å². The van der Waals surface area contributed by atoms with Crippen LogP contribution in [0.2, 0.25) is 0 Å². The van der Waals surface area contributed by atoms with Crippen LogP contribution >= 0.6 is 12.4 Å². The third kappa shape index (κ3) is 2.16. The van der Waals surface area contributed by atoms with Crippen LogP contribution in [0.4, 0.5) is 0 Å². The molecule has 74 valence electrons. The van der Waals surface area contributed by atoms with E-state index in [1.807, 2.05) is 7.05 Å². The molecule has 1 aliphatic rings. The maximum absolute atomic E-state index is 4.01. The molecule has 2 heterocycles. The average molecular weight is 204 g/mol. The number of nitrogens with one attached hydrogen (secondary N) is 1. The second kappa shape index (κ2) is 4.53. The summed E-state index contributed by atoms with van der Waals surface area (Å²) >= 11 is 0. The normalized spacial score (nSPS) is 18.2. The van der Waals surface area contributed by atoms with Crippen LogP contribution in [0.25, 0.3) is 0 Å². The predicted molar refractivity (Wildman–Crippen MR) is 50.9 cm³/mol. The van der Waals surface area contributed by atoms with Gasteiger partial charge in [0, 0.05) is 13.0 Å². The van der Waals surface area contributed by atoms with Crippen molar-refractivity contribution in [3.63, 3.8) is 0 Å². The number of aromatic nitrogens is 4. The minimum Gasteiger partial charge on any atom is -0.317 e. The lowest BCUT2D eigenvalue weighted by Crippen LogP contribution is -2.27. The standard InChI is InChI=1S/C7H13N5.ClH/c1-12-7(9-10-11-12)6-2-4-8-5-3-6;/h6,8H,2-5H2,1H3;1H. The fourth-order valence-electron chi connectivity index (χ4n) is 1.66. The van der Waals surface area contributed by atoms with Crippen molar-refractivity contribution in [1.29, 1.82) is 0 Å². The smallest absolute Gasteiger partial charge is 0.154 e. The number of nitrogens with zero attached hydrogens (tertiary/aromatic N) is 4. The Morgan fingerprint density at radius 1 is 1.38 bits per heavy atom. The molecule has 1 aromatic heterocycles. The Bertz CT molecular complexity index is 255. The zero-order valence-corrected chi connectivity index (χ0v) is 8.42. The van der Waals surface area contributed by atoms with Gasteiger partial charge in [0.15, 0.2) is 5.82 Å². The van der Waals surface area contributed by atoms with Crippen LogP contribution in [0.1, 0.15) is 24.6 Å². The fourth-order valence-corrected chi connectivity index (χ4v) is 1.66. The van der Waals surface area contributed by atoms with E-state index in [1.54, 1.807) is 4.68 Å². The molecule has 2 rings (SSSR count). The van der Waals surface area contributed by atoms with Gasteiger partial charge in [-0.1, -0.05) is 0 Å². The Morgan fingerprint density at radius 2 is 2.08 bits per heavy atom. The molecule has 1 saturated heterocycles. The summed E-state index contributed by atoms with van der Waals surface area (Å²) in [5.41, 5.74) is 0. The highest BCUT2D eigenvalue weighted by molar-refractivity contribution is 5.85. The van der Waals surface area contributed by atoms with Crippen molar-refractivity contribution in [2.75, 3.05) is 13.1 Å². The van der Waals surface area contributed by atoms with Gasteiger partial charge in [-0.2, -0.15) is 0 Å². The fraction of sp³-hybridized carbons (Fsp3) is 0.857. The summed E-state index contributed by atoms with van der Waals surface area (Å²) in [5, 5.41) is 14.8. The first-order chi connectivity index (χ1) is 5.88. The molecule has 1 aromatic rings. The molecule has 1 N–H and O–H groups in total. The Kier molecular flexibility index (Phi) is 3.62. The quantitative estimate of drug-likeness (QED) is 0.704. The van der Waals surface area contributed by atoms with Crippen LogP contribution in [0.15, 0.2) is 0 Å². The summed E-state index contributed by atoms with van der Waals surface area (Å²) in [7, 11) is 1.90. The van der Waals surface area contributed by atoms with Crippen LogP contribution < -0.4 is 5.32 Å². The average Bonchev–Trinajstić information content (AvgIpc) is 2.53. The van der Waals surface area contributed by atoms with Gasteiger partial charge in [0.1, 0.15) is 0 Å². The van der Waals surface area contributed by atoms with Gasteiger partial charge < -0.3 is 5.32 Å². The molecular weight excluding hydrogens is 190 g/mol. The minimum absolute atomic E-state index is 0. The lowest BCUT2D eigenvalue weighted by atomic mass is 9.97. The molecule has 13 heavy (non-hydrogen) atoms. The van der Waals surface area contributed by atoms with E-state index in [2.05, 4.69) is 20.8 Å². The van der Waals surface area contributed by atoms with Gasteiger partial charge in [-0.3, -0.25) is 0 Å². The van der Waals surface area contributed by atoms with Gasteiger partial charge in [-0.05, 0) is 36.4 Å². The van der Waals surface area contributed by atoms with Crippen molar-refractivity contribution in [3.05, 3.63) is 5.82 Å². The van der Waals surface area contributed by atoms with Crippen LogP contribution in [0.3, 0.4) is 0 Å². The Labute approximate surface area is 83.3 Å². The van der Waals surface area contributed by atoms with E-state index in [0.29, 0.717) is 5.92 Å². The molecule has 0 saturated carbocycles. The van der Waals surface area contributed by atoms with Crippen molar-refractivity contribution < 1.29 is 0 Å². The molecule has 0 aliphatic carbocycles. The maximum atomic E-state index is 4.01. The van der Waals surface area contributed by atoms with E-state index in [1.165, 1.54) is 0 Å². The minimum atomic E-state index is 0. The molecule has 0 amide bonds. The molecular formula is C7H14ClN5. The van der Waals surface area contributed by atoms with E-state index in [9.17, 15) is 0 Å². The molecule has 1 aliphatic heterocycles. The zero-order valence-electron chi connectivity index (χ0n) is 7.60. The number of rotatable bonds is 1. The highest BCUT2D eigenvalue weighted by Crippen LogP contribution is 2.21. The van der Waals surface area contributed by atoms with E-state index in [4.69, 9.17) is 0 Å². The molecule has 0 unspecified atom stereocenters. The van der Waals surface area contributed by atoms with Gasteiger partial charge in [0.05, 0.1) is 0 Å². The van der Waals surface area contributed by atoms with Crippen molar-refractivity contribution in [1.82, 2.24) is 25.5 Å². The summed E-state index contributed by atoms with van der Waals surface area (Å²) in [6.07, 6.45) is 2.29. The van der Waals surface area contributed by atoms with Crippen molar-refractivity contribution in [3.8, 4) is 0 Å².